The van der Waals surface area contributed by atoms with Crippen LogP contribution in [0.2, 0.25) is 0 Å². The summed E-state index contributed by atoms with van der Waals surface area (Å²) in [5, 5.41) is 18.4. The van der Waals surface area contributed by atoms with Crippen LogP contribution in [-0.4, -0.2) is 42.4 Å². The first kappa shape index (κ1) is 20.5. The van der Waals surface area contributed by atoms with E-state index in [1.54, 1.807) is 24.3 Å². The summed E-state index contributed by atoms with van der Waals surface area (Å²) in [6.07, 6.45) is 1.11. The molecule has 31 heavy (non-hydrogen) atoms. The predicted molar refractivity (Wildman–Crippen MR) is 122 cm³/mol. The zero-order chi connectivity index (χ0) is 22.3. The highest BCUT2D eigenvalue weighted by molar-refractivity contribution is 6.00. The average Bonchev–Trinajstić information content (AvgIpc) is 3.03. The second-order valence-corrected chi connectivity index (χ2v) is 7.73. The van der Waals surface area contributed by atoms with E-state index < -0.39 is 11.9 Å². The smallest absolute Gasteiger partial charge is 0.335 e. The van der Waals surface area contributed by atoms with Gasteiger partial charge in [0.15, 0.2) is 0 Å². The Morgan fingerprint density at radius 3 is 1.35 bits per heavy atom. The van der Waals surface area contributed by atoms with Crippen LogP contribution in [0, 0.1) is 0 Å². The summed E-state index contributed by atoms with van der Waals surface area (Å²) in [6.45, 7) is 2.15. The third-order valence-corrected chi connectivity index (χ3v) is 6.00. The summed E-state index contributed by atoms with van der Waals surface area (Å²) < 4.78 is 0. The van der Waals surface area contributed by atoms with Gasteiger partial charge in [-0.25, -0.2) is 9.59 Å². The van der Waals surface area contributed by atoms with E-state index in [0.717, 1.165) is 40.0 Å². The molecule has 0 bridgehead atoms. The number of hydrogen-bond donors (Lipinski definition) is 2. The molecule has 0 amide bonds. The summed E-state index contributed by atoms with van der Waals surface area (Å²) in [5.74, 6) is -1.89. The van der Waals surface area contributed by atoms with Gasteiger partial charge in [-0.1, -0.05) is 43.3 Å². The first-order chi connectivity index (χ1) is 14.8. The average molecular weight is 416 g/mol. The fourth-order valence-corrected chi connectivity index (χ4v) is 4.45. The monoisotopic (exact) mass is 416 g/mol. The molecule has 0 saturated carbocycles. The first-order valence-electron chi connectivity index (χ1n) is 10.1. The summed E-state index contributed by atoms with van der Waals surface area (Å²) in [4.78, 5) is 27.0. The molecule has 1 aliphatic heterocycles. The van der Waals surface area contributed by atoms with Crippen LogP contribution in [0.5, 0.6) is 0 Å². The fraction of sp³-hybridized carbons (Fsp3) is 0.200. The molecule has 4 rings (SSSR count). The molecule has 6 heteroatoms. The summed E-state index contributed by atoms with van der Waals surface area (Å²) in [7, 11) is 4.14. The van der Waals surface area contributed by atoms with Gasteiger partial charge in [-0.05, 0) is 41.8 Å². The molecule has 0 aliphatic carbocycles. The van der Waals surface area contributed by atoms with Gasteiger partial charge >= 0.3 is 11.9 Å². The van der Waals surface area contributed by atoms with Crippen LogP contribution in [-0.2, 0) is 0 Å². The predicted octanol–water partition coefficient (Wildman–Crippen LogP) is 5.04. The minimum absolute atomic E-state index is 0.187. The lowest BCUT2D eigenvalue weighted by molar-refractivity contribution is 0.0686. The van der Waals surface area contributed by atoms with Crippen LogP contribution in [0.4, 0.5) is 11.4 Å². The second kappa shape index (κ2) is 7.80. The van der Waals surface area contributed by atoms with Crippen molar-refractivity contribution >= 4 is 23.3 Å². The molecule has 0 saturated heterocycles. The number of rotatable bonds is 5. The number of fused-ring (bicyclic) bond motifs is 1. The number of anilines is 2. The molecule has 3 aromatic carbocycles. The van der Waals surface area contributed by atoms with E-state index in [2.05, 4.69) is 43.0 Å². The topological polar surface area (TPSA) is 81.1 Å². The van der Waals surface area contributed by atoms with E-state index in [0.29, 0.717) is 0 Å². The zero-order valence-electron chi connectivity index (χ0n) is 17.7. The third-order valence-electron chi connectivity index (χ3n) is 6.00. The highest BCUT2D eigenvalue weighted by atomic mass is 16.4. The highest BCUT2D eigenvalue weighted by Gasteiger charge is 2.34. The van der Waals surface area contributed by atoms with E-state index in [4.69, 9.17) is 0 Å². The van der Waals surface area contributed by atoms with Gasteiger partial charge < -0.3 is 20.0 Å². The lowest BCUT2D eigenvalue weighted by atomic mass is 9.95. The molecular formula is C25H24N2O4. The molecule has 158 valence electrons. The maximum absolute atomic E-state index is 11.2. The van der Waals surface area contributed by atoms with Crippen molar-refractivity contribution in [3.05, 3.63) is 71.8 Å². The Kier molecular flexibility index (Phi) is 5.15. The molecule has 0 radical (unpaired) electrons. The normalized spacial score (nSPS) is 13.4. The van der Waals surface area contributed by atoms with Gasteiger partial charge in [0.05, 0.1) is 22.5 Å². The Morgan fingerprint density at radius 1 is 0.710 bits per heavy atom. The van der Waals surface area contributed by atoms with Gasteiger partial charge in [-0.3, -0.25) is 0 Å². The first-order valence-corrected chi connectivity index (χ1v) is 10.1. The number of carboxylic acids is 2. The highest BCUT2D eigenvalue weighted by Crippen LogP contribution is 2.50. The van der Waals surface area contributed by atoms with Gasteiger partial charge in [0, 0.05) is 25.2 Å². The van der Waals surface area contributed by atoms with Crippen LogP contribution < -0.4 is 9.80 Å². The summed E-state index contributed by atoms with van der Waals surface area (Å²) >= 11 is 0. The standard InChI is InChI=1S/C25H24N2O4/c1-4-21-26(2)22-19(15-5-9-17(10-6-15)24(28)29)13-14-20(23(22)27(21)3)16-7-11-18(12-8-16)25(30)31/h5-14,21H,4H2,1-3H3,(H,28,29)(H,30,31). The van der Waals surface area contributed by atoms with Gasteiger partial charge in [0.1, 0.15) is 6.17 Å². The van der Waals surface area contributed by atoms with Crippen molar-refractivity contribution in [3.8, 4) is 22.3 Å². The van der Waals surface area contributed by atoms with Gasteiger partial charge in [-0.2, -0.15) is 0 Å². The molecule has 0 spiro atoms. The number of nitrogens with zero attached hydrogens (tertiary/aromatic N) is 2. The Morgan fingerprint density at radius 2 is 1.06 bits per heavy atom. The zero-order valence-corrected chi connectivity index (χ0v) is 17.7. The van der Waals surface area contributed by atoms with Crippen molar-refractivity contribution < 1.29 is 19.8 Å². The SMILES string of the molecule is CCC1N(C)c2c(-c3ccc(C(=O)O)cc3)ccc(-c3ccc(C(=O)O)cc3)c2N1C. The number of carbonyl (C=O) groups is 2. The fourth-order valence-electron chi connectivity index (χ4n) is 4.45. The van der Waals surface area contributed by atoms with Crippen LogP contribution in [0.3, 0.4) is 0 Å². The molecule has 3 aromatic rings. The number of benzene rings is 3. The Balaban J connectivity index is 1.89. The van der Waals surface area contributed by atoms with E-state index in [1.165, 1.54) is 0 Å². The van der Waals surface area contributed by atoms with Crippen molar-refractivity contribution in [2.45, 2.75) is 19.5 Å². The van der Waals surface area contributed by atoms with E-state index in [1.807, 2.05) is 24.3 Å². The van der Waals surface area contributed by atoms with E-state index in [9.17, 15) is 19.8 Å². The maximum Gasteiger partial charge on any atom is 0.335 e. The molecule has 0 fully saturated rings. The quantitative estimate of drug-likeness (QED) is 0.607. The van der Waals surface area contributed by atoms with Gasteiger partial charge in [-0.15, -0.1) is 0 Å². The lowest BCUT2D eigenvalue weighted by Gasteiger charge is -2.27. The Bertz CT molecular complexity index is 1060. The molecule has 1 aliphatic rings. The van der Waals surface area contributed by atoms with Crippen molar-refractivity contribution in [2.24, 2.45) is 0 Å². The van der Waals surface area contributed by atoms with Crippen molar-refractivity contribution in [3.63, 3.8) is 0 Å². The minimum atomic E-state index is -0.945. The molecular weight excluding hydrogens is 392 g/mol. The molecule has 1 heterocycles. The number of aromatic carboxylic acids is 2. The maximum atomic E-state index is 11.2. The lowest BCUT2D eigenvalue weighted by Crippen LogP contribution is -2.38. The van der Waals surface area contributed by atoms with Crippen LogP contribution in [0.15, 0.2) is 60.7 Å². The third kappa shape index (κ3) is 3.40. The van der Waals surface area contributed by atoms with Crippen LogP contribution >= 0.6 is 0 Å². The Labute approximate surface area is 181 Å². The van der Waals surface area contributed by atoms with Crippen molar-refractivity contribution in [2.75, 3.05) is 23.9 Å². The molecule has 6 nitrogen and oxygen atoms in total. The second-order valence-electron chi connectivity index (χ2n) is 7.73. The van der Waals surface area contributed by atoms with E-state index in [-0.39, 0.29) is 17.3 Å². The number of hydrogen-bond acceptors (Lipinski definition) is 4. The number of carboxylic acid groups (broad SMARTS) is 2. The molecule has 0 unspecified atom stereocenters. The molecule has 0 aromatic heterocycles. The largest absolute Gasteiger partial charge is 0.478 e. The van der Waals surface area contributed by atoms with Crippen molar-refractivity contribution in [1.82, 2.24) is 0 Å². The summed E-state index contributed by atoms with van der Waals surface area (Å²) in [6, 6.07) is 18.0. The van der Waals surface area contributed by atoms with Gasteiger partial charge in [0.2, 0.25) is 0 Å². The summed E-state index contributed by atoms with van der Waals surface area (Å²) in [5.41, 5.74) is 6.64. The molecule has 0 atom stereocenters. The van der Waals surface area contributed by atoms with Crippen LogP contribution in [0.1, 0.15) is 34.1 Å². The van der Waals surface area contributed by atoms with Gasteiger partial charge in [0.25, 0.3) is 0 Å². The van der Waals surface area contributed by atoms with E-state index >= 15 is 0 Å². The van der Waals surface area contributed by atoms with Crippen molar-refractivity contribution in [1.29, 1.82) is 0 Å². The molecule has 2 N–H and O–H groups in total. The minimum Gasteiger partial charge on any atom is -0.478 e. The van der Waals surface area contributed by atoms with Crippen LogP contribution in [0.25, 0.3) is 22.3 Å². The Hall–Kier alpha value is -3.80.